The van der Waals surface area contributed by atoms with Crippen molar-refractivity contribution in [1.29, 1.82) is 0 Å². The van der Waals surface area contributed by atoms with Gasteiger partial charge in [0.1, 0.15) is 5.76 Å². The van der Waals surface area contributed by atoms with Gasteiger partial charge in [0, 0.05) is 38.9 Å². The van der Waals surface area contributed by atoms with E-state index in [9.17, 15) is 9.59 Å². The number of thioether (sulfide) groups is 1. The molecule has 0 bridgehead atoms. The minimum atomic E-state index is -0.910. The molecule has 0 saturated carbocycles. The van der Waals surface area contributed by atoms with Gasteiger partial charge in [0.25, 0.3) is 0 Å². The van der Waals surface area contributed by atoms with E-state index in [2.05, 4.69) is 10.1 Å². The fourth-order valence-corrected chi connectivity index (χ4v) is 4.58. The van der Waals surface area contributed by atoms with Gasteiger partial charge >= 0.3 is 5.97 Å². The van der Waals surface area contributed by atoms with Crippen molar-refractivity contribution in [2.75, 3.05) is 0 Å². The van der Waals surface area contributed by atoms with Gasteiger partial charge in [-0.1, -0.05) is 35.5 Å². The Balaban J connectivity index is 1.49. The Labute approximate surface area is 184 Å². The summed E-state index contributed by atoms with van der Waals surface area (Å²) < 4.78 is 10.8. The molecule has 0 saturated heterocycles. The number of para-hydroxylation sites is 1. The lowest BCUT2D eigenvalue weighted by molar-refractivity contribution is 0.0316. The molecule has 0 aliphatic heterocycles. The molecule has 0 unspecified atom stereocenters. The summed E-state index contributed by atoms with van der Waals surface area (Å²) in [7, 11) is 0. The number of benzene rings is 2. The van der Waals surface area contributed by atoms with Gasteiger partial charge in [0.2, 0.25) is 5.78 Å². The number of hydrogen-bond acceptors (Lipinski definition) is 6. The molecule has 31 heavy (non-hydrogen) atoms. The van der Waals surface area contributed by atoms with E-state index in [1.165, 1.54) is 11.8 Å². The van der Waals surface area contributed by atoms with Crippen LogP contribution in [0, 0.1) is 13.8 Å². The van der Waals surface area contributed by atoms with Crippen LogP contribution in [0.25, 0.3) is 10.9 Å². The Morgan fingerprint density at radius 3 is 2.61 bits per heavy atom. The van der Waals surface area contributed by atoms with E-state index in [0.717, 1.165) is 32.8 Å². The van der Waals surface area contributed by atoms with Crippen molar-refractivity contribution < 1.29 is 18.8 Å². The van der Waals surface area contributed by atoms with E-state index in [-0.39, 0.29) is 5.78 Å². The first kappa shape index (κ1) is 20.9. The van der Waals surface area contributed by atoms with Crippen molar-refractivity contribution in [2.24, 2.45) is 0 Å². The summed E-state index contributed by atoms with van der Waals surface area (Å²) in [5.74, 6) is 0.618. The second-order valence-corrected chi connectivity index (χ2v) is 8.26. The highest BCUT2D eigenvalue weighted by Gasteiger charge is 2.24. The summed E-state index contributed by atoms with van der Waals surface area (Å²) in [6, 6.07) is 14.8. The van der Waals surface area contributed by atoms with Crippen LogP contribution in [0.3, 0.4) is 0 Å². The third-order valence-electron chi connectivity index (χ3n) is 5.17. The molecule has 0 radical (unpaired) electrons. The van der Waals surface area contributed by atoms with E-state index in [0.29, 0.717) is 16.9 Å². The van der Waals surface area contributed by atoms with Crippen LogP contribution in [0.15, 0.2) is 64.1 Å². The Bertz CT molecular complexity index is 1240. The zero-order valence-corrected chi connectivity index (χ0v) is 18.3. The number of nitrogens with zero attached hydrogens (tertiary/aromatic N) is 1. The maximum absolute atomic E-state index is 12.9. The zero-order chi connectivity index (χ0) is 22.0. The molecule has 1 N–H and O–H groups in total. The second kappa shape index (κ2) is 8.81. The molecule has 0 spiro atoms. The Kier molecular flexibility index (Phi) is 5.95. The Morgan fingerprint density at radius 2 is 1.84 bits per heavy atom. The first-order chi connectivity index (χ1) is 15.0. The van der Waals surface area contributed by atoms with E-state index < -0.39 is 12.1 Å². The molecule has 2 aromatic carbocycles. The molecule has 4 aromatic rings. The van der Waals surface area contributed by atoms with Crippen molar-refractivity contribution in [3.05, 3.63) is 82.9 Å². The van der Waals surface area contributed by atoms with Crippen molar-refractivity contribution >= 4 is 34.4 Å². The molecule has 1 atom stereocenters. The number of carbonyl (C=O) groups is 2. The molecule has 0 aliphatic carbocycles. The second-order valence-electron chi connectivity index (χ2n) is 7.25. The Hall–Kier alpha value is -3.32. The molecule has 158 valence electrons. The van der Waals surface area contributed by atoms with Gasteiger partial charge in [-0.05, 0) is 39.0 Å². The minimum absolute atomic E-state index is 0.244. The van der Waals surface area contributed by atoms with Crippen molar-refractivity contribution in [1.82, 2.24) is 10.1 Å². The first-order valence-corrected chi connectivity index (χ1v) is 10.9. The van der Waals surface area contributed by atoms with Gasteiger partial charge < -0.3 is 14.2 Å². The minimum Gasteiger partial charge on any atom is -0.451 e. The molecule has 0 aliphatic rings. The van der Waals surface area contributed by atoms with E-state index >= 15 is 0 Å². The number of Topliss-reactive ketones (excluding diaryl/α,β-unsaturated/α-hetero) is 1. The predicted octanol–water partition coefficient (Wildman–Crippen LogP) is 5.49. The third-order valence-corrected chi connectivity index (χ3v) is 6.27. The molecular formula is C24H22N2O4S. The van der Waals surface area contributed by atoms with E-state index in [4.69, 9.17) is 9.26 Å². The molecule has 7 heteroatoms. The summed E-state index contributed by atoms with van der Waals surface area (Å²) in [5.41, 5.74) is 3.65. The van der Waals surface area contributed by atoms with Crippen LogP contribution in [-0.4, -0.2) is 28.0 Å². The van der Waals surface area contributed by atoms with Gasteiger partial charge in [0.05, 0.1) is 11.3 Å². The number of rotatable bonds is 7. The smallest absolute Gasteiger partial charge is 0.339 e. The van der Waals surface area contributed by atoms with Crippen LogP contribution in [0.5, 0.6) is 0 Å². The summed E-state index contributed by atoms with van der Waals surface area (Å²) in [5, 5.41) is 4.78. The summed E-state index contributed by atoms with van der Waals surface area (Å²) in [6.07, 6.45) is 0.748. The maximum Gasteiger partial charge on any atom is 0.339 e. The number of aryl methyl sites for hydroxylation is 2. The first-order valence-electron chi connectivity index (χ1n) is 9.90. The van der Waals surface area contributed by atoms with Crippen molar-refractivity contribution in [3.63, 3.8) is 0 Å². The highest BCUT2D eigenvalue weighted by Crippen LogP contribution is 2.29. The number of ether oxygens (including phenoxy) is 1. The van der Waals surface area contributed by atoms with Gasteiger partial charge in [-0.2, -0.15) is 0 Å². The number of carbonyl (C=O) groups excluding carboxylic acids is 2. The maximum atomic E-state index is 12.9. The number of nitrogens with one attached hydrogen (secondary N) is 1. The van der Waals surface area contributed by atoms with Crippen LogP contribution < -0.4 is 0 Å². The van der Waals surface area contributed by atoms with Crippen LogP contribution in [0.2, 0.25) is 0 Å². The average Bonchev–Trinajstić information content (AvgIpc) is 3.35. The van der Waals surface area contributed by atoms with Gasteiger partial charge in [0.15, 0.2) is 6.10 Å². The molecule has 0 fully saturated rings. The Morgan fingerprint density at radius 1 is 1.10 bits per heavy atom. The normalized spacial score (nSPS) is 12.1. The third kappa shape index (κ3) is 4.27. The summed E-state index contributed by atoms with van der Waals surface area (Å²) >= 11 is 1.51. The fraction of sp³-hybridized carbons (Fsp3) is 0.208. The molecule has 0 amide bonds. The zero-order valence-electron chi connectivity index (χ0n) is 17.5. The van der Waals surface area contributed by atoms with Crippen LogP contribution >= 0.6 is 11.8 Å². The summed E-state index contributed by atoms with van der Waals surface area (Å²) in [6.45, 7) is 5.36. The van der Waals surface area contributed by atoms with Crippen LogP contribution in [-0.2, 0) is 10.5 Å². The number of esters is 1. The number of fused-ring (bicyclic) bond motifs is 1. The van der Waals surface area contributed by atoms with Gasteiger partial charge in [-0.15, -0.1) is 11.8 Å². The van der Waals surface area contributed by atoms with E-state index in [1.807, 2.05) is 50.2 Å². The standard InChI is InChI=1S/C24H22N2O4S/c1-14-20(15(2)30-26-14)13-31-22-11-7-5-9-18(22)24(28)29-16(3)23(27)19-12-25-21-10-6-4-8-17(19)21/h4-12,16,25H,13H2,1-3H3/t16-/m1/s1. The highest BCUT2D eigenvalue weighted by atomic mass is 32.2. The lowest BCUT2D eigenvalue weighted by atomic mass is 10.1. The molecule has 2 heterocycles. The SMILES string of the molecule is Cc1noc(C)c1CSc1ccccc1C(=O)O[C@H](C)C(=O)c1c[nH]c2ccccc12. The number of hydrogen-bond donors (Lipinski definition) is 1. The highest BCUT2D eigenvalue weighted by molar-refractivity contribution is 7.98. The van der Waals surface area contributed by atoms with Crippen molar-refractivity contribution in [2.45, 2.75) is 37.5 Å². The van der Waals surface area contributed by atoms with Gasteiger partial charge in [-0.25, -0.2) is 4.79 Å². The van der Waals surface area contributed by atoms with E-state index in [1.54, 1.807) is 25.3 Å². The average molecular weight is 435 g/mol. The number of aromatic nitrogens is 2. The largest absolute Gasteiger partial charge is 0.451 e. The summed E-state index contributed by atoms with van der Waals surface area (Å²) in [4.78, 5) is 29.6. The van der Waals surface area contributed by atoms with Crippen LogP contribution in [0.4, 0.5) is 0 Å². The topological polar surface area (TPSA) is 85.2 Å². The van der Waals surface area contributed by atoms with Crippen molar-refractivity contribution in [3.8, 4) is 0 Å². The monoisotopic (exact) mass is 434 g/mol. The lowest BCUT2D eigenvalue weighted by Crippen LogP contribution is -2.24. The quantitative estimate of drug-likeness (QED) is 0.235. The number of aromatic amines is 1. The van der Waals surface area contributed by atoms with Gasteiger partial charge in [-0.3, -0.25) is 4.79 Å². The lowest BCUT2D eigenvalue weighted by Gasteiger charge is -2.14. The molecule has 2 aromatic heterocycles. The molecule has 4 rings (SSSR count). The number of ketones is 1. The molecular weight excluding hydrogens is 412 g/mol. The predicted molar refractivity (Wildman–Crippen MR) is 119 cm³/mol. The molecule has 6 nitrogen and oxygen atoms in total. The van der Waals surface area contributed by atoms with Crippen LogP contribution in [0.1, 0.15) is 44.7 Å². The number of H-pyrrole nitrogens is 1. The fourth-order valence-electron chi connectivity index (χ4n) is 3.39.